The van der Waals surface area contributed by atoms with Crippen LogP contribution in [0.15, 0.2) is 63.9 Å². The Bertz CT molecular complexity index is 1170. The Morgan fingerprint density at radius 3 is 2.48 bits per heavy atom. The van der Waals surface area contributed by atoms with Crippen molar-refractivity contribution in [1.29, 1.82) is 0 Å². The molecule has 31 heavy (non-hydrogen) atoms. The molecule has 1 aliphatic rings. The van der Waals surface area contributed by atoms with Gasteiger partial charge in [0.05, 0.1) is 20.6 Å². The summed E-state index contributed by atoms with van der Waals surface area (Å²) < 4.78 is 5.83. The smallest absolute Gasteiger partial charge is 0.298 e. The van der Waals surface area contributed by atoms with Crippen LogP contribution in [0.25, 0.3) is 17.4 Å². The van der Waals surface area contributed by atoms with Crippen molar-refractivity contribution >= 4 is 57.9 Å². The molecule has 1 fully saturated rings. The maximum atomic E-state index is 12.9. The van der Waals surface area contributed by atoms with Crippen molar-refractivity contribution in [2.75, 3.05) is 4.90 Å². The molecule has 0 bridgehead atoms. The number of carbonyl (C=O) groups excluding carboxylic acids is 2. The fourth-order valence-electron chi connectivity index (χ4n) is 3.25. The van der Waals surface area contributed by atoms with Gasteiger partial charge in [-0.2, -0.15) is 0 Å². The van der Waals surface area contributed by atoms with Crippen molar-refractivity contribution in [1.82, 2.24) is 0 Å². The van der Waals surface area contributed by atoms with Crippen LogP contribution in [0.5, 0.6) is 0 Å². The molecule has 2 amide bonds. The number of rotatable bonds is 6. The fraction of sp³-hybridized carbons (Fsp3) is 0.167. The molecular weight excluding hydrogens is 453 g/mol. The summed E-state index contributed by atoms with van der Waals surface area (Å²) in [7, 11) is 0. The third kappa shape index (κ3) is 4.74. The highest BCUT2D eigenvalue weighted by Crippen LogP contribution is 2.37. The first-order chi connectivity index (χ1) is 15.0. The van der Waals surface area contributed by atoms with Crippen molar-refractivity contribution in [3.8, 4) is 11.3 Å². The van der Waals surface area contributed by atoms with Gasteiger partial charge in [0.2, 0.25) is 0 Å². The number of hydrogen-bond donors (Lipinski definition) is 0. The van der Waals surface area contributed by atoms with Crippen LogP contribution in [-0.4, -0.2) is 11.1 Å². The van der Waals surface area contributed by atoms with Crippen LogP contribution in [0.4, 0.5) is 10.5 Å². The highest BCUT2D eigenvalue weighted by molar-refractivity contribution is 8.19. The van der Waals surface area contributed by atoms with Crippen molar-refractivity contribution in [2.24, 2.45) is 0 Å². The predicted octanol–water partition coefficient (Wildman–Crippen LogP) is 7.84. The van der Waals surface area contributed by atoms with Gasteiger partial charge in [0.15, 0.2) is 0 Å². The van der Waals surface area contributed by atoms with E-state index in [1.54, 1.807) is 36.4 Å². The molecule has 0 spiro atoms. The summed E-state index contributed by atoms with van der Waals surface area (Å²) in [6.45, 7) is 2.15. The van der Waals surface area contributed by atoms with Crippen LogP contribution in [0.1, 0.15) is 31.1 Å². The lowest BCUT2D eigenvalue weighted by molar-refractivity contribution is -0.113. The Morgan fingerprint density at radius 2 is 1.77 bits per heavy atom. The van der Waals surface area contributed by atoms with Crippen LogP contribution >= 0.6 is 35.0 Å². The average molecular weight is 472 g/mol. The number of hydrogen-bond acceptors (Lipinski definition) is 4. The summed E-state index contributed by atoms with van der Waals surface area (Å²) in [5.41, 5.74) is 2.53. The molecule has 4 rings (SSSR count). The standard InChI is InChI=1S/C24H19Cl2NO3S/c1-2-3-4-15-5-8-17(9-6-15)27-23(28)22(31-24(27)29)14-18-10-12-21(30-18)16-7-11-19(25)20(26)13-16/h5-14H,2-4H2,1H3/b22-14+. The maximum Gasteiger partial charge on any atom is 0.298 e. The molecule has 7 heteroatoms. The Morgan fingerprint density at radius 1 is 1.00 bits per heavy atom. The minimum Gasteiger partial charge on any atom is -0.457 e. The predicted molar refractivity (Wildman–Crippen MR) is 128 cm³/mol. The Hall–Kier alpha value is -2.47. The summed E-state index contributed by atoms with van der Waals surface area (Å²) in [5, 5.41) is 0.567. The van der Waals surface area contributed by atoms with E-state index in [1.807, 2.05) is 24.3 Å². The number of imide groups is 1. The van der Waals surface area contributed by atoms with E-state index in [-0.39, 0.29) is 11.1 Å². The molecule has 0 N–H and O–H groups in total. The number of anilines is 1. The second-order valence-electron chi connectivity index (χ2n) is 7.12. The topological polar surface area (TPSA) is 50.5 Å². The molecule has 0 radical (unpaired) electrons. The van der Waals surface area contributed by atoms with Crippen molar-refractivity contribution in [3.05, 3.63) is 80.9 Å². The van der Waals surface area contributed by atoms with E-state index in [1.165, 1.54) is 10.5 Å². The molecule has 0 unspecified atom stereocenters. The first-order valence-electron chi connectivity index (χ1n) is 9.88. The maximum absolute atomic E-state index is 12.9. The minimum atomic E-state index is -0.358. The van der Waals surface area contributed by atoms with Gasteiger partial charge in [-0.15, -0.1) is 0 Å². The van der Waals surface area contributed by atoms with Gasteiger partial charge in [-0.25, -0.2) is 4.90 Å². The van der Waals surface area contributed by atoms with Gasteiger partial charge in [-0.3, -0.25) is 9.59 Å². The van der Waals surface area contributed by atoms with Crippen LogP contribution in [0.3, 0.4) is 0 Å². The second kappa shape index (κ2) is 9.35. The lowest BCUT2D eigenvalue weighted by Gasteiger charge is -2.13. The molecule has 3 aromatic rings. The second-order valence-corrected chi connectivity index (χ2v) is 8.93. The molecule has 4 nitrogen and oxygen atoms in total. The lowest BCUT2D eigenvalue weighted by atomic mass is 10.1. The van der Waals surface area contributed by atoms with Gasteiger partial charge in [0, 0.05) is 11.6 Å². The van der Waals surface area contributed by atoms with E-state index in [0.29, 0.717) is 32.2 Å². The van der Waals surface area contributed by atoms with Gasteiger partial charge in [-0.05, 0) is 72.6 Å². The van der Waals surface area contributed by atoms with Crippen molar-refractivity contribution in [3.63, 3.8) is 0 Å². The van der Waals surface area contributed by atoms with E-state index in [9.17, 15) is 9.59 Å². The molecule has 158 valence electrons. The fourth-order valence-corrected chi connectivity index (χ4v) is 4.37. The van der Waals surface area contributed by atoms with Crippen LogP contribution in [0, 0.1) is 0 Å². The zero-order chi connectivity index (χ0) is 22.0. The number of benzene rings is 2. The molecule has 1 saturated heterocycles. The minimum absolute atomic E-state index is 0.315. The lowest BCUT2D eigenvalue weighted by Crippen LogP contribution is -2.27. The number of aryl methyl sites for hydroxylation is 1. The summed E-state index contributed by atoms with van der Waals surface area (Å²) >= 11 is 12.9. The molecule has 2 heterocycles. The van der Waals surface area contributed by atoms with Gasteiger partial charge in [-0.1, -0.05) is 48.7 Å². The Balaban J connectivity index is 1.53. The first-order valence-corrected chi connectivity index (χ1v) is 11.5. The molecule has 1 aromatic heterocycles. The van der Waals surface area contributed by atoms with E-state index >= 15 is 0 Å². The van der Waals surface area contributed by atoms with E-state index < -0.39 is 0 Å². The number of thioether (sulfide) groups is 1. The largest absolute Gasteiger partial charge is 0.457 e. The first kappa shape index (κ1) is 21.8. The zero-order valence-electron chi connectivity index (χ0n) is 16.7. The van der Waals surface area contributed by atoms with Gasteiger partial charge >= 0.3 is 0 Å². The van der Waals surface area contributed by atoms with Gasteiger partial charge in [0.1, 0.15) is 11.5 Å². The van der Waals surface area contributed by atoms with Crippen LogP contribution in [0.2, 0.25) is 10.0 Å². The zero-order valence-corrected chi connectivity index (χ0v) is 19.1. The molecular formula is C24H19Cl2NO3S. The number of furan rings is 1. The summed E-state index contributed by atoms with van der Waals surface area (Å²) in [4.78, 5) is 26.9. The summed E-state index contributed by atoms with van der Waals surface area (Å²) in [5.74, 6) is 0.706. The number of halogens is 2. The number of nitrogens with zero attached hydrogens (tertiary/aromatic N) is 1. The van der Waals surface area contributed by atoms with E-state index in [0.717, 1.165) is 36.6 Å². The SMILES string of the molecule is CCCCc1ccc(N2C(=O)S/C(=C/c3ccc(-c4ccc(Cl)c(Cl)c4)o3)C2=O)cc1. The average Bonchev–Trinajstić information content (AvgIpc) is 3.33. The van der Waals surface area contributed by atoms with Gasteiger partial charge in [0.25, 0.3) is 11.1 Å². The Kier molecular flexibility index (Phi) is 6.56. The van der Waals surface area contributed by atoms with Crippen LogP contribution < -0.4 is 4.90 Å². The molecule has 0 saturated carbocycles. The van der Waals surface area contributed by atoms with E-state index in [4.69, 9.17) is 27.6 Å². The molecule has 0 atom stereocenters. The third-order valence-corrected chi connectivity index (χ3v) is 6.52. The molecule has 1 aliphatic heterocycles. The quantitative estimate of drug-likeness (QED) is 0.343. The third-order valence-electron chi connectivity index (χ3n) is 4.91. The monoisotopic (exact) mass is 471 g/mol. The summed E-state index contributed by atoms with van der Waals surface area (Å²) in [6, 6.07) is 16.3. The highest BCUT2D eigenvalue weighted by atomic mass is 35.5. The summed E-state index contributed by atoms with van der Waals surface area (Å²) in [6.07, 6.45) is 4.80. The number of unbranched alkanes of at least 4 members (excludes halogenated alkanes) is 1. The van der Waals surface area contributed by atoms with Crippen molar-refractivity contribution < 1.29 is 14.0 Å². The van der Waals surface area contributed by atoms with E-state index in [2.05, 4.69) is 6.92 Å². The number of amides is 2. The Labute approximate surface area is 194 Å². The number of carbonyl (C=O) groups is 2. The van der Waals surface area contributed by atoms with Gasteiger partial charge < -0.3 is 4.42 Å². The normalized spacial score (nSPS) is 15.3. The van der Waals surface area contributed by atoms with Crippen molar-refractivity contribution in [2.45, 2.75) is 26.2 Å². The molecule has 2 aromatic carbocycles. The highest BCUT2D eigenvalue weighted by Gasteiger charge is 2.36. The van der Waals surface area contributed by atoms with Crippen LogP contribution in [-0.2, 0) is 11.2 Å². The molecule has 0 aliphatic carbocycles.